The molecule has 3 heterocycles. The lowest BCUT2D eigenvalue weighted by molar-refractivity contribution is 0.0145. The standard InChI is InChI=1S/C18H21N3O3/c1-3-23-14-6-10-20(11-7-14)17(22)16-13(2)24-18(15(16)12-19)21-8-4-5-9-21/h4-5,8-9,14H,3,6-7,10-11H2,1-2H3. The van der Waals surface area contributed by atoms with E-state index in [1.807, 2.05) is 19.1 Å². The molecule has 0 atom stereocenters. The summed E-state index contributed by atoms with van der Waals surface area (Å²) >= 11 is 0. The third kappa shape index (κ3) is 2.95. The quantitative estimate of drug-likeness (QED) is 0.865. The minimum Gasteiger partial charge on any atom is -0.443 e. The van der Waals surface area contributed by atoms with E-state index < -0.39 is 0 Å². The van der Waals surface area contributed by atoms with Crippen LogP contribution in [0.3, 0.4) is 0 Å². The van der Waals surface area contributed by atoms with Gasteiger partial charge in [-0.2, -0.15) is 5.26 Å². The van der Waals surface area contributed by atoms with E-state index in [1.165, 1.54) is 0 Å². The SMILES string of the molecule is CCOC1CCN(C(=O)c2c(C)oc(-n3cccc3)c2C#N)CC1. The molecule has 1 aliphatic heterocycles. The molecule has 0 saturated carbocycles. The molecule has 0 N–H and O–H groups in total. The number of carbonyl (C=O) groups is 1. The monoisotopic (exact) mass is 327 g/mol. The summed E-state index contributed by atoms with van der Waals surface area (Å²) in [5.41, 5.74) is 0.664. The van der Waals surface area contributed by atoms with Crippen LogP contribution in [0.5, 0.6) is 0 Å². The third-order valence-corrected chi connectivity index (χ3v) is 4.36. The largest absolute Gasteiger partial charge is 0.443 e. The zero-order valence-electron chi connectivity index (χ0n) is 14.0. The zero-order chi connectivity index (χ0) is 17.1. The molecule has 24 heavy (non-hydrogen) atoms. The topological polar surface area (TPSA) is 71.4 Å². The molecule has 126 valence electrons. The summed E-state index contributed by atoms with van der Waals surface area (Å²) in [6.07, 6.45) is 5.45. The molecule has 0 aliphatic carbocycles. The lowest BCUT2D eigenvalue weighted by Crippen LogP contribution is -2.41. The first-order valence-corrected chi connectivity index (χ1v) is 8.23. The smallest absolute Gasteiger partial charge is 0.258 e. The van der Waals surface area contributed by atoms with Gasteiger partial charge in [0.05, 0.1) is 6.10 Å². The van der Waals surface area contributed by atoms with Gasteiger partial charge in [0.25, 0.3) is 5.91 Å². The first-order chi connectivity index (χ1) is 11.7. The van der Waals surface area contributed by atoms with Gasteiger partial charge in [-0.25, -0.2) is 0 Å². The first-order valence-electron chi connectivity index (χ1n) is 8.23. The molecule has 0 spiro atoms. The minimum atomic E-state index is -0.138. The number of furan rings is 1. The molecular weight excluding hydrogens is 306 g/mol. The number of ether oxygens (including phenoxy) is 1. The lowest BCUT2D eigenvalue weighted by Gasteiger charge is -2.31. The molecule has 1 amide bonds. The Hall–Kier alpha value is -2.52. The van der Waals surface area contributed by atoms with Crippen molar-refractivity contribution in [3.05, 3.63) is 41.4 Å². The zero-order valence-corrected chi connectivity index (χ0v) is 14.0. The predicted molar refractivity (Wildman–Crippen MR) is 88.0 cm³/mol. The van der Waals surface area contributed by atoms with Crippen molar-refractivity contribution in [1.82, 2.24) is 9.47 Å². The minimum absolute atomic E-state index is 0.138. The van der Waals surface area contributed by atoms with Gasteiger partial charge in [0.15, 0.2) is 0 Å². The van der Waals surface area contributed by atoms with Gasteiger partial charge in [0.1, 0.15) is 23.0 Å². The average molecular weight is 327 g/mol. The summed E-state index contributed by atoms with van der Waals surface area (Å²) in [6.45, 7) is 5.68. The maximum Gasteiger partial charge on any atom is 0.258 e. The molecule has 1 aliphatic rings. The summed E-state index contributed by atoms with van der Waals surface area (Å²) in [4.78, 5) is 14.7. The highest BCUT2D eigenvalue weighted by Gasteiger charge is 2.30. The van der Waals surface area contributed by atoms with E-state index in [0.717, 1.165) is 12.8 Å². The summed E-state index contributed by atoms with van der Waals surface area (Å²) < 4.78 is 13.1. The van der Waals surface area contributed by atoms with Gasteiger partial charge in [-0.3, -0.25) is 9.36 Å². The van der Waals surface area contributed by atoms with Crippen LogP contribution >= 0.6 is 0 Å². The summed E-state index contributed by atoms with van der Waals surface area (Å²) in [6, 6.07) is 5.83. The highest BCUT2D eigenvalue weighted by molar-refractivity contribution is 5.98. The van der Waals surface area contributed by atoms with Crippen LogP contribution in [0.15, 0.2) is 28.9 Å². The fourth-order valence-corrected chi connectivity index (χ4v) is 3.16. The van der Waals surface area contributed by atoms with Crippen molar-refractivity contribution >= 4 is 5.91 Å². The van der Waals surface area contributed by atoms with E-state index in [0.29, 0.717) is 42.5 Å². The fraction of sp³-hybridized carbons (Fsp3) is 0.444. The Labute approximate surface area is 141 Å². The predicted octanol–water partition coefficient (Wildman–Crippen LogP) is 2.89. The van der Waals surface area contributed by atoms with E-state index in [4.69, 9.17) is 9.15 Å². The van der Waals surface area contributed by atoms with Crippen molar-refractivity contribution in [3.8, 4) is 12.0 Å². The lowest BCUT2D eigenvalue weighted by atomic mass is 10.0. The van der Waals surface area contributed by atoms with Crippen LogP contribution in [0.2, 0.25) is 0 Å². The van der Waals surface area contributed by atoms with Gasteiger partial charge in [-0.05, 0) is 38.8 Å². The van der Waals surface area contributed by atoms with Crippen LogP contribution in [-0.4, -0.2) is 41.2 Å². The Kier molecular flexibility index (Phi) is 4.72. The molecule has 6 heteroatoms. The molecule has 1 saturated heterocycles. The average Bonchev–Trinajstić information content (AvgIpc) is 3.22. The highest BCUT2D eigenvalue weighted by Crippen LogP contribution is 2.27. The Morgan fingerprint density at radius 3 is 2.62 bits per heavy atom. The number of likely N-dealkylation sites (tertiary alicyclic amines) is 1. The van der Waals surface area contributed by atoms with Crippen LogP contribution in [0.1, 0.15) is 41.4 Å². The number of rotatable bonds is 4. The number of nitrogens with zero attached hydrogens (tertiary/aromatic N) is 3. The molecule has 0 unspecified atom stereocenters. The Bertz CT molecular complexity index is 747. The van der Waals surface area contributed by atoms with Crippen LogP contribution in [0.4, 0.5) is 0 Å². The molecule has 3 rings (SSSR count). The highest BCUT2D eigenvalue weighted by atomic mass is 16.5. The molecule has 0 radical (unpaired) electrons. The summed E-state index contributed by atoms with van der Waals surface area (Å²) in [7, 11) is 0. The number of amides is 1. The summed E-state index contributed by atoms with van der Waals surface area (Å²) in [5, 5.41) is 9.56. The normalized spacial score (nSPS) is 15.5. The maximum absolute atomic E-state index is 12.9. The molecule has 2 aromatic heterocycles. The van der Waals surface area contributed by atoms with E-state index in [1.54, 1.807) is 28.8 Å². The maximum atomic E-state index is 12.9. The second kappa shape index (κ2) is 6.93. The number of carbonyl (C=O) groups excluding carboxylic acids is 1. The Morgan fingerprint density at radius 2 is 2.04 bits per heavy atom. The summed E-state index contributed by atoms with van der Waals surface area (Å²) in [5.74, 6) is 0.737. The second-order valence-electron chi connectivity index (χ2n) is 5.86. The Morgan fingerprint density at radius 1 is 1.38 bits per heavy atom. The number of aromatic nitrogens is 1. The fourth-order valence-electron chi connectivity index (χ4n) is 3.16. The molecular formula is C18H21N3O3. The first kappa shape index (κ1) is 16.3. The van der Waals surface area contributed by atoms with E-state index >= 15 is 0 Å². The molecule has 0 bridgehead atoms. The van der Waals surface area contributed by atoms with Gasteiger partial charge >= 0.3 is 0 Å². The Balaban J connectivity index is 1.85. The van der Waals surface area contributed by atoms with Crippen molar-refractivity contribution in [3.63, 3.8) is 0 Å². The van der Waals surface area contributed by atoms with Gasteiger partial charge in [0.2, 0.25) is 5.88 Å². The van der Waals surface area contributed by atoms with Crippen LogP contribution in [0.25, 0.3) is 5.88 Å². The van der Waals surface area contributed by atoms with Gasteiger partial charge in [-0.1, -0.05) is 0 Å². The molecule has 2 aromatic rings. The van der Waals surface area contributed by atoms with Crippen molar-refractivity contribution in [2.75, 3.05) is 19.7 Å². The van der Waals surface area contributed by atoms with E-state index in [-0.39, 0.29) is 12.0 Å². The van der Waals surface area contributed by atoms with Crippen molar-refractivity contribution < 1.29 is 13.9 Å². The van der Waals surface area contributed by atoms with Crippen molar-refractivity contribution in [2.45, 2.75) is 32.8 Å². The van der Waals surface area contributed by atoms with Crippen molar-refractivity contribution in [1.29, 1.82) is 5.26 Å². The number of hydrogen-bond donors (Lipinski definition) is 0. The van der Waals surface area contributed by atoms with E-state index in [9.17, 15) is 10.1 Å². The number of hydrogen-bond acceptors (Lipinski definition) is 4. The third-order valence-electron chi connectivity index (χ3n) is 4.36. The number of aryl methyl sites for hydroxylation is 1. The van der Waals surface area contributed by atoms with Crippen molar-refractivity contribution in [2.24, 2.45) is 0 Å². The van der Waals surface area contributed by atoms with Gasteiger partial charge in [0, 0.05) is 32.1 Å². The molecule has 0 aromatic carbocycles. The molecule has 1 fully saturated rings. The van der Waals surface area contributed by atoms with Crippen LogP contribution < -0.4 is 0 Å². The second-order valence-corrected chi connectivity index (χ2v) is 5.86. The number of nitriles is 1. The van der Waals surface area contributed by atoms with Gasteiger partial charge in [-0.15, -0.1) is 0 Å². The van der Waals surface area contributed by atoms with E-state index in [2.05, 4.69) is 6.07 Å². The molecule has 6 nitrogen and oxygen atoms in total. The van der Waals surface area contributed by atoms with Gasteiger partial charge < -0.3 is 14.1 Å². The van der Waals surface area contributed by atoms with Crippen LogP contribution in [0, 0.1) is 18.3 Å². The number of piperidine rings is 1. The van der Waals surface area contributed by atoms with Crippen LogP contribution in [-0.2, 0) is 4.74 Å².